The molecule has 3 rings (SSSR count). The Hall–Kier alpha value is -2.39. The van der Waals surface area contributed by atoms with Crippen molar-refractivity contribution < 1.29 is 18.7 Å². The fourth-order valence-corrected chi connectivity index (χ4v) is 3.73. The molecular weight excluding hydrogens is 359 g/mol. The SMILES string of the molecule is COCC(=O)N1CCCC(c2nnc(C(=O)Nc3cccc(F)c3)s2)C1. The van der Waals surface area contributed by atoms with Gasteiger partial charge in [0, 0.05) is 31.8 Å². The van der Waals surface area contributed by atoms with Gasteiger partial charge in [0.25, 0.3) is 5.91 Å². The van der Waals surface area contributed by atoms with E-state index in [1.807, 2.05) is 0 Å². The average molecular weight is 378 g/mol. The number of amides is 2. The molecule has 0 spiro atoms. The van der Waals surface area contributed by atoms with Crippen LogP contribution in [0.1, 0.15) is 33.6 Å². The van der Waals surface area contributed by atoms with Crippen molar-refractivity contribution in [3.63, 3.8) is 0 Å². The fraction of sp³-hybridized carbons (Fsp3) is 0.412. The summed E-state index contributed by atoms with van der Waals surface area (Å²) in [6.07, 6.45) is 1.75. The van der Waals surface area contributed by atoms with E-state index in [0.29, 0.717) is 18.8 Å². The summed E-state index contributed by atoms with van der Waals surface area (Å²) in [5.41, 5.74) is 0.362. The fourth-order valence-electron chi connectivity index (χ4n) is 2.86. The third kappa shape index (κ3) is 4.41. The zero-order chi connectivity index (χ0) is 18.5. The van der Waals surface area contributed by atoms with Crippen molar-refractivity contribution in [3.8, 4) is 0 Å². The molecule has 1 aromatic heterocycles. The minimum absolute atomic E-state index is 0.0502. The van der Waals surface area contributed by atoms with Crippen LogP contribution >= 0.6 is 11.3 Å². The van der Waals surface area contributed by atoms with Crippen LogP contribution in [0.2, 0.25) is 0 Å². The van der Waals surface area contributed by atoms with E-state index in [4.69, 9.17) is 4.74 Å². The number of halogens is 1. The lowest BCUT2D eigenvalue weighted by Gasteiger charge is -2.31. The van der Waals surface area contributed by atoms with E-state index in [1.165, 1.54) is 36.6 Å². The number of nitrogens with zero attached hydrogens (tertiary/aromatic N) is 3. The van der Waals surface area contributed by atoms with Gasteiger partial charge in [-0.2, -0.15) is 0 Å². The topological polar surface area (TPSA) is 84.4 Å². The van der Waals surface area contributed by atoms with Crippen molar-refractivity contribution in [2.24, 2.45) is 0 Å². The molecular formula is C17H19FN4O3S. The van der Waals surface area contributed by atoms with Gasteiger partial charge in [0.1, 0.15) is 17.4 Å². The largest absolute Gasteiger partial charge is 0.375 e. The second-order valence-electron chi connectivity index (χ2n) is 6.02. The number of carbonyl (C=O) groups is 2. The number of hydrogen-bond acceptors (Lipinski definition) is 6. The zero-order valence-electron chi connectivity index (χ0n) is 14.3. The van der Waals surface area contributed by atoms with E-state index in [9.17, 15) is 14.0 Å². The summed E-state index contributed by atoms with van der Waals surface area (Å²) in [5.74, 6) is -0.852. The summed E-state index contributed by atoms with van der Waals surface area (Å²) in [6.45, 7) is 1.30. The number of nitrogens with one attached hydrogen (secondary N) is 1. The summed E-state index contributed by atoms with van der Waals surface area (Å²) < 4.78 is 18.1. The summed E-state index contributed by atoms with van der Waals surface area (Å²) in [4.78, 5) is 26.0. The summed E-state index contributed by atoms with van der Waals surface area (Å²) in [7, 11) is 1.49. The summed E-state index contributed by atoms with van der Waals surface area (Å²) >= 11 is 1.20. The average Bonchev–Trinajstić information content (AvgIpc) is 3.12. The molecule has 1 atom stereocenters. The number of carbonyl (C=O) groups excluding carboxylic acids is 2. The molecule has 0 bridgehead atoms. The Morgan fingerprint density at radius 3 is 3.04 bits per heavy atom. The van der Waals surface area contributed by atoms with Gasteiger partial charge < -0.3 is 15.0 Å². The molecule has 26 heavy (non-hydrogen) atoms. The smallest absolute Gasteiger partial charge is 0.286 e. The predicted octanol–water partition coefficient (Wildman–Crippen LogP) is 2.28. The van der Waals surface area contributed by atoms with E-state index in [1.54, 1.807) is 11.0 Å². The van der Waals surface area contributed by atoms with Crippen LogP contribution in [0.3, 0.4) is 0 Å². The highest BCUT2D eigenvalue weighted by Gasteiger charge is 2.28. The van der Waals surface area contributed by atoms with Crippen LogP contribution in [-0.4, -0.2) is 53.7 Å². The first-order valence-electron chi connectivity index (χ1n) is 8.24. The van der Waals surface area contributed by atoms with E-state index >= 15 is 0 Å². The van der Waals surface area contributed by atoms with Crippen LogP contribution in [0.5, 0.6) is 0 Å². The second kappa shape index (κ2) is 8.33. The lowest BCUT2D eigenvalue weighted by molar-refractivity contribution is -0.136. The highest BCUT2D eigenvalue weighted by molar-refractivity contribution is 7.13. The minimum Gasteiger partial charge on any atom is -0.375 e. The molecule has 0 radical (unpaired) electrons. The number of ether oxygens (including phenoxy) is 1. The van der Waals surface area contributed by atoms with Gasteiger partial charge in [-0.1, -0.05) is 17.4 Å². The van der Waals surface area contributed by atoms with Crippen LogP contribution in [0, 0.1) is 5.82 Å². The van der Waals surface area contributed by atoms with Gasteiger partial charge in [0.15, 0.2) is 0 Å². The van der Waals surface area contributed by atoms with Crippen molar-refractivity contribution >= 4 is 28.8 Å². The third-order valence-corrected chi connectivity index (χ3v) is 5.19. The molecule has 1 fully saturated rings. The molecule has 0 saturated carbocycles. The molecule has 2 heterocycles. The van der Waals surface area contributed by atoms with Crippen LogP contribution in [-0.2, 0) is 9.53 Å². The maximum Gasteiger partial charge on any atom is 0.286 e. The molecule has 9 heteroatoms. The number of anilines is 1. The molecule has 1 unspecified atom stereocenters. The number of aromatic nitrogens is 2. The van der Waals surface area contributed by atoms with E-state index in [2.05, 4.69) is 15.5 Å². The summed E-state index contributed by atoms with van der Waals surface area (Å²) in [5, 5.41) is 11.6. The lowest BCUT2D eigenvalue weighted by Crippen LogP contribution is -2.40. The Morgan fingerprint density at radius 1 is 1.42 bits per heavy atom. The van der Waals surface area contributed by atoms with Gasteiger partial charge in [0.2, 0.25) is 10.9 Å². The van der Waals surface area contributed by atoms with E-state index in [-0.39, 0.29) is 23.4 Å². The maximum absolute atomic E-state index is 13.2. The molecule has 1 aliphatic rings. The van der Waals surface area contributed by atoms with Crippen molar-refractivity contribution in [2.75, 3.05) is 32.1 Å². The van der Waals surface area contributed by atoms with Gasteiger partial charge in [-0.25, -0.2) is 4.39 Å². The number of benzene rings is 1. The van der Waals surface area contributed by atoms with Gasteiger partial charge in [0.05, 0.1) is 0 Å². The highest BCUT2D eigenvalue weighted by atomic mass is 32.1. The Bertz CT molecular complexity index is 798. The molecule has 7 nitrogen and oxygen atoms in total. The minimum atomic E-state index is -0.428. The van der Waals surface area contributed by atoms with Gasteiger partial charge >= 0.3 is 0 Å². The summed E-state index contributed by atoms with van der Waals surface area (Å²) in [6, 6.07) is 5.66. The molecule has 1 N–H and O–H groups in total. The van der Waals surface area contributed by atoms with Crippen molar-refractivity contribution in [2.45, 2.75) is 18.8 Å². The normalized spacial score (nSPS) is 17.2. The monoisotopic (exact) mass is 378 g/mol. The Kier molecular flexibility index (Phi) is 5.89. The van der Waals surface area contributed by atoms with Crippen molar-refractivity contribution in [3.05, 3.63) is 40.1 Å². The zero-order valence-corrected chi connectivity index (χ0v) is 15.1. The predicted molar refractivity (Wildman–Crippen MR) is 94.7 cm³/mol. The van der Waals surface area contributed by atoms with Crippen LogP contribution in [0.15, 0.2) is 24.3 Å². The van der Waals surface area contributed by atoms with E-state index < -0.39 is 11.7 Å². The molecule has 1 saturated heterocycles. The Balaban J connectivity index is 1.65. The Morgan fingerprint density at radius 2 is 2.27 bits per heavy atom. The molecule has 138 valence electrons. The number of likely N-dealkylation sites (tertiary alicyclic amines) is 1. The number of piperidine rings is 1. The van der Waals surface area contributed by atoms with Crippen LogP contribution in [0.4, 0.5) is 10.1 Å². The first-order chi connectivity index (χ1) is 12.6. The van der Waals surface area contributed by atoms with E-state index in [0.717, 1.165) is 17.8 Å². The Labute approximate surface area is 154 Å². The number of rotatable bonds is 5. The van der Waals surface area contributed by atoms with Crippen molar-refractivity contribution in [1.29, 1.82) is 0 Å². The molecule has 2 aromatic rings. The van der Waals surface area contributed by atoms with Gasteiger partial charge in [-0.3, -0.25) is 9.59 Å². The molecule has 2 amide bonds. The van der Waals surface area contributed by atoms with Crippen LogP contribution in [0.25, 0.3) is 0 Å². The number of methoxy groups -OCH3 is 1. The van der Waals surface area contributed by atoms with Crippen LogP contribution < -0.4 is 5.32 Å². The van der Waals surface area contributed by atoms with Gasteiger partial charge in [-0.15, -0.1) is 10.2 Å². The van der Waals surface area contributed by atoms with Gasteiger partial charge in [-0.05, 0) is 31.0 Å². The maximum atomic E-state index is 13.2. The van der Waals surface area contributed by atoms with Crippen molar-refractivity contribution in [1.82, 2.24) is 15.1 Å². The standard InChI is InChI=1S/C17H19FN4O3S/c1-25-10-14(23)22-7-3-4-11(9-22)16-20-21-17(26-16)15(24)19-13-6-2-5-12(18)8-13/h2,5-6,8,11H,3-4,7,9-10H2,1H3,(H,19,24). The first kappa shape index (κ1) is 18.4. The third-order valence-electron chi connectivity index (χ3n) is 4.11. The quantitative estimate of drug-likeness (QED) is 0.863. The number of hydrogen-bond donors (Lipinski definition) is 1. The second-order valence-corrected chi connectivity index (χ2v) is 7.03. The molecule has 0 aliphatic carbocycles. The molecule has 1 aromatic carbocycles. The first-order valence-corrected chi connectivity index (χ1v) is 9.05. The molecule has 1 aliphatic heterocycles. The lowest BCUT2D eigenvalue weighted by atomic mass is 9.99. The highest BCUT2D eigenvalue weighted by Crippen LogP contribution is 2.29.